The highest BCUT2D eigenvalue weighted by atomic mass is 35.5. The summed E-state index contributed by atoms with van der Waals surface area (Å²) < 4.78 is 10.1. The predicted octanol–water partition coefficient (Wildman–Crippen LogP) is 2.03. The van der Waals surface area contributed by atoms with Crippen molar-refractivity contribution in [3.8, 4) is 0 Å². The number of halogens is 1. The molecule has 0 spiro atoms. The van der Waals surface area contributed by atoms with Crippen LogP contribution in [-0.4, -0.2) is 36.6 Å². The van der Waals surface area contributed by atoms with Gasteiger partial charge in [-0.05, 0) is 31.5 Å². The number of nitrogen functional groups attached to an aromatic ring is 1. The first-order valence-corrected chi connectivity index (χ1v) is 8.26. The highest BCUT2D eigenvalue weighted by Gasteiger charge is 2.55. The summed E-state index contributed by atoms with van der Waals surface area (Å²) in [7, 11) is 0. The molecule has 1 amide bonds. The molecule has 1 aromatic carbocycles. The van der Waals surface area contributed by atoms with Crippen molar-refractivity contribution >= 4 is 35.1 Å². The topological polar surface area (TPSA) is 108 Å². The number of anilines is 1. The molecule has 0 aliphatic heterocycles. The van der Waals surface area contributed by atoms with Crippen LogP contribution in [0.1, 0.15) is 39.2 Å². The fraction of sp³-hybridized carbons (Fsp3) is 0.471. The normalized spacial score (nSPS) is 12.2. The van der Waals surface area contributed by atoms with Crippen molar-refractivity contribution in [1.82, 2.24) is 5.32 Å². The Kier molecular flexibility index (Phi) is 7.23. The molecule has 0 fully saturated rings. The van der Waals surface area contributed by atoms with Crippen molar-refractivity contribution in [2.24, 2.45) is 0 Å². The van der Waals surface area contributed by atoms with Gasteiger partial charge in [-0.1, -0.05) is 24.6 Å². The molecule has 25 heavy (non-hydrogen) atoms. The second-order valence-electron chi connectivity index (χ2n) is 5.43. The van der Waals surface area contributed by atoms with Gasteiger partial charge < -0.3 is 20.5 Å². The Balaban J connectivity index is 3.56. The Morgan fingerprint density at radius 3 is 2.12 bits per heavy atom. The minimum absolute atomic E-state index is 0.0302. The Labute approximate surface area is 151 Å². The molecule has 0 aliphatic rings. The number of hydrogen-bond acceptors (Lipinski definition) is 6. The van der Waals surface area contributed by atoms with E-state index in [0.717, 1.165) is 0 Å². The second kappa shape index (κ2) is 8.71. The van der Waals surface area contributed by atoms with E-state index in [2.05, 4.69) is 5.32 Å². The van der Waals surface area contributed by atoms with Crippen LogP contribution >= 0.6 is 11.6 Å². The zero-order valence-corrected chi connectivity index (χ0v) is 15.5. The van der Waals surface area contributed by atoms with Crippen molar-refractivity contribution in [3.05, 3.63) is 28.8 Å². The maximum Gasteiger partial charge on any atom is 0.344 e. The number of esters is 2. The molecule has 0 aromatic heterocycles. The van der Waals surface area contributed by atoms with Gasteiger partial charge in [0.15, 0.2) is 0 Å². The third-order valence-electron chi connectivity index (χ3n) is 3.73. The predicted molar refractivity (Wildman–Crippen MR) is 94.1 cm³/mol. The number of amides is 1. The van der Waals surface area contributed by atoms with E-state index in [-0.39, 0.29) is 18.9 Å². The van der Waals surface area contributed by atoms with Crippen LogP contribution in [0.2, 0.25) is 5.02 Å². The first kappa shape index (κ1) is 20.8. The highest BCUT2D eigenvalue weighted by Crippen LogP contribution is 2.35. The number of carbonyl (C=O) groups excluding carboxylic acids is 3. The van der Waals surface area contributed by atoms with E-state index in [9.17, 15) is 14.4 Å². The van der Waals surface area contributed by atoms with Gasteiger partial charge in [0, 0.05) is 23.6 Å². The van der Waals surface area contributed by atoms with Crippen LogP contribution in [0.25, 0.3) is 0 Å². The SMILES string of the molecule is CCOC(=O)C(NC(C)=O)(C(=O)OCC)C(C)c1ccc(Cl)cc1N. The minimum atomic E-state index is -2.06. The average molecular weight is 371 g/mol. The Morgan fingerprint density at radius 1 is 1.20 bits per heavy atom. The number of rotatable bonds is 7. The standard InChI is InChI=1S/C17H23ClN2O5/c1-5-24-15(22)17(20-11(4)21,16(23)25-6-2)10(3)13-8-7-12(18)9-14(13)19/h7-10H,5-6,19H2,1-4H3,(H,20,21). The van der Waals surface area contributed by atoms with Crippen molar-refractivity contribution in [1.29, 1.82) is 0 Å². The zero-order chi connectivity index (χ0) is 19.2. The molecule has 138 valence electrons. The Hall–Kier alpha value is -2.28. The number of nitrogens with one attached hydrogen (secondary N) is 1. The second-order valence-corrected chi connectivity index (χ2v) is 5.86. The number of benzene rings is 1. The van der Waals surface area contributed by atoms with Crippen LogP contribution < -0.4 is 11.1 Å². The van der Waals surface area contributed by atoms with E-state index < -0.39 is 29.3 Å². The van der Waals surface area contributed by atoms with Gasteiger partial charge in [0.1, 0.15) is 0 Å². The van der Waals surface area contributed by atoms with E-state index >= 15 is 0 Å². The fourth-order valence-corrected chi connectivity index (χ4v) is 2.77. The molecule has 0 saturated carbocycles. The molecule has 0 aliphatic carbocycles. The summed E-state index contributed by atoms with van der Waals surface area (Å²) in [6.07, 6.45) is 0. The van der Waals surface area contributed by atoms with Crippen LogP contribution in [0.4, 0.5) is 5.69 Å². The lowest BCUT2D eigenvalue weighted by molar-refractivity contribution is -0.169. The summed E-state index contributed by atoms with van der Waals surface area (Å²) in [5.41, 5.74) is 4.68. The van der Waals surface area contributed by atoms with Crippen LogP contribution in [0.15, 0.2) is 18.2 Å². The number of ether oxygens (including phenoxy) is 2. The van der Waals surface area contributed by atoms with Gasteiger partial charge in [0.25, 0.3) is 0 Å². The maximum absolute atomic E-state index is 12.7. The monoisotopic (exact) mass is 370 g/mol. The Morgan fingerprint density at radius 2 is 1.72 bits per heavy atom. The van der Waals surface area contributed by atoms with E-state index in [1.807, 2.05) is 0 Å². The van der Waals surface area contributed by atoms with Crippen LogP contribution in [-0.2, 0) is 23.9 Å². The molecule has 0 radical (unpaired) electrons. The number of nitrogens with two attached hydrogens (primary N) is 1. The lowest BCUT2D eigenvalue weighted by Gasteiger charge is -2.35. The van der Waals surface area contributed by atoms with Crippen molar-refractivity contribution in [3.63, 3.8) is 0 Å². The van der Waals surface area contributed by atoms with Crippen LogP contribution in [0.5, 0.6) is 0 Å². The smallest absolute Gasteiger partial charge is 0.344 e. The third kappa shape index (κ3) is 4.42. The molecular weight excluding hydrogens is 348 g/mol. The van der Waals surface area contributed by atoms with Gasteiger partial charge in [-0.25, -0.2) is 9.59 Å². The summed E-state index contributed by atoms with van der Waals surface area (Å²) in [5, 5.41) is 2.83. The lowest BCUT2D eigenvalue weighted by atomic mass is 9.79. The summed E-state index contributed by atoms with van der Waals surface area (Å²) in [5.74, 6) is -3.26. The molecule has 1 atom stereocenters. The van der Waals surface area contributed by atoms with E-state index in [0.29, 0.717) is 10.6 Å². The molecule has 7 nitrogen and oxygen atoms in total. The fourth-order valence-electron chi connectivity index (χ4n) is 2.59. The molecule has 0 heterocycles. The third-order valence-corrected chi connectivity index (χ3v) is 3.97. The lowest BCUT2D eigenvalue weighted by Crippen LogP contribution is -2.64. The van der Waals surface area contributed by atoms with E-state index in [1.54, 1.807) is 32.9 Å². The molecular formula is C17H23ClN2O5. The largest absolute Gasteiger partial charge is 0.464 e. The summed E-state index contributed by atoms with van der Waals surface area (Å²) in [4.78, 5) is 37.2. The Bertz CT molecular complexity index is 644. The van der Waals surface area contributed by atoms with Crippen LogP contribution in [0, 0.1) is 0 Å². The van der Waals surface area contributed by atoms with Gasteiger partial charge in [0.2, 0.25) is 11.4 Å². The van der Waals surface area contributed by atoms with Crippen LogP contribution in [0.3, 0.4) is 0 Å². The number of hydrogen-bond donors (Lipinski definition) is 2. The quantitative estimate of drug-likeness (QED) is 0.432. The average Bonchev–Trinajstić information content (AvgIpc) is 2.52. The molecule has 1 unspecified atom stereocenters. The van der Waals surface area contributed by atoms with Crippen molar-refractivity contribution in [2.45, 2.75) is 39.2 Å². The van der Waals surface area contributed by atoms with Gasteiger partial charge in [0.05, 0.1) is 13.2 Å². The summed E-state index contributed by atoms with van der Waals surface area (Å²) in [6, 6.07) is 4.68. The van der Waals surface area contributed by atoms with E-state index in [4.69, 9.17) is 26.8 Å². The number of carbonyl (C=O) groups is 3. The maximum atomic E-state index is 12.7. The minimum Gasteiger partial charge on any atom is -0.464 e. The summed E-state index contributed by atoms with van der Waals surface area (Å²) in [6.45, 7) is 6.05. The molecule has 1 aromatic rings. The highest BCUT2D eigenvalue weighted by molar-refractivity contribution is 6.30. The van der Waals surface area contributed by atoms with Gasteiger partial charge >= 0.3 is 11.9 Å². The molecule has 0 bridgehead atoms. The molecule has 0 saturated heterocycles. The van der Waals surface area contributed by atoms with Crippen molar-refractivity contribution < 1.29 is 23.9 Å². The molecule has 1 rings (SSSR count). The van der Waals surface area contributed by atoms with Gasteiger partial charge in [-0.2, -0.15) is 0 Å². The zero-order valence-electron chi connectivity index (χ0n) is 14.7. The first-order chi connectivity index (χ1) is 11.7. The molecule has 3 N–H and O–H groups in total. The van der Waals surface area contributed by atoms with E-state index in [1.165, 1.54) is 13.0 Å². The summed E-state index contributed by atoms with van der Waals surface area (Å²) >= 11 is 5.91. The van der Waals surface area contributed by atoms with Gasteiger partial charge in [-0.3, -0.25) is 4.79 Å². The first-order valence-electron chi connectivity index (χ1n) is 7.88. The van der Waals surface area contributed by atoms with Crippen molar-refractivity contribution in [2.75, 3.05) is 18.9 Å². The molecule has 8 heteroatoms. The van der Waals surface area contributed by atoms with Gasteiger partial charge in [-0.15, -0.1) is 0 Å².